The van der Waals surface area contributed by atoms with Gasteiger partial charge in [-0.15, -0.1) is 0 Å². The van der Waals surface area contributed by atoms with E-state index in [1.165, 1.54) is 32.1 Å². The Morgan fingerprint density at radius 3 is 2.53 bits per heavy atom. The number of hydrogen-bond donors (Lipinski definition) is 4. The van der Waals surface area contributed by atoms with Gasteiger partial charge in [0.15, 0.2) is 0 Å². The summed E-state index contributed by atoms with van der Waals surface area (Å²) in [4.78, 5) is 37.5. The molecule has 0 radical (unpaired) electrons. The minimum absolute atomic E-state index is 0.0669. The van der Waals surface area contributed by atoms with Crippen molar-refractivity contribution in [1.29, 1.82) is 0 Å². The van der Waals surface area contributed by atoms with Crippen LogP contribution in [-0.2, 0) is 14.4 Å². The zero-order chi connectivity index (χ0) is 24.3. The summed E-state index contributed by atoms with van der Waals surface area (Å²) in [6.07, 6.45) is 10.7. The van der Waals surface area contributed by atoms with Crippen molar-refractivity contribution in [3.63, 3.8) is 0 Å². The minimum Gasteiger partial charge on any atom is -0.489 e. The number of fused-ring (bicyclic) bond motifs is 1. The number of para-hydroxylation sites is 2. The molecule has 1 aromatic carbocycles. The normalized spacial score (nSPS) is 19.7. The van der Waals surface area contributed by atoms with Gasteiger partial charge in [0, 0.05) is 6.04 Å². The number of anilines is 1. The fourth-order valence-corrected chi connectivity index (χ4v) is 4.73. The predicted octanol–water partition coefficient (Wildman–Crippen LogP) is 2.78. The van der Waals surface area contributed by atoms with Crippen molar-refractivity contribution in [3.8, 4) is 5.75 Å². The molecule has 9 heteroatoms. The summed E-state index contributed by atoms with van der Waals surface area (Å²) in [6, 6.07) is 5.51. The standard InChI is InChI=1S/C25H37N3O6/c29-23(30)16-28-21-13-7-8-14-22(21)34-17-20(24(28)31)27-19(25(32)33)12-6-1-2-9-15-26-18-10-4-3-5-11-18/h7-8,13-14,18-20,26-27H,1-6,9-12,15-17H2,(H,29,30)(H,32,33)/t19?,20-/m0/s1. The molecule has 1 saturated carbocycles. The molecular weight excluding hydrogens is 438 g/mol. The van der Waals surface area contributed by atoms with Crippen molar-refractivity contribution < 1.29 is 29.3 Å². The highest BCUT2D eigenvalue weighted by Gasteiger charge is 2.35. The lowest BCUT2D eigenvalue weighted by Crippen LogP contribution is -2.54. The molecule has 0 bridgehead atoms. The first kappa shape index (κ1) is 26.0. The molecule has 2 aliphatic rings. The molecule has 1 aliphatic heterocycles. The lowest BCUT2D eigenvalue weighted by molar-refractivity contribution is -0.141. The number of aliphatic carboxylic acids is 2. The first-order valence-corrected chi connectivity index (χ1v) is 12.4. The predicted molar refractivity (Wildman–Crippen MR) is 128 cm³/mol. The second-order valence-corrected chi connectivity index (χ2v) is 9.20. The summed E-state index contributed by atoms with van der Waals surface area (Å²) in [5.74, 6) is -2.29. The fraction of sp³-hybridized carbons (Fsp3) is 0.640. The summed E-state index contributed by atoms with van der Waals surface area (Å²) in [7, 11) is 0. The second kappa shape index (κ2) is 13.3. The van der Waals surface area contributed by atoms with Crippen LogP contribution >= 0.6 is 0 Å². The molecule has 0 aromatic heterocycles. The van der Waals surface area contributed by atoms with Crippen molar-refractivity contribution in [2.45, 2.75) is 82.3 Å². The van der Waals surface area contributed by atoms with Gasteiger partial charge in [-0.25, -0.2) is 0 Å². The molecule has 1 aromatic rings. The van der Waals surface area contributed by atoms with Gasteiger partial charge in [0.2, 0.25) is 5.91 Å². The van der Waals surface area contributed by atoms with Crippen LogP contribution in [0.25, 0.3) is 0 Å². The number of carbonyl (C=O) groups is 3. The van der Waals surface area contributed by atoms with Crippen LogP contribution in [0.4, 0.5) is 5.69 Å². The molecule has 0 saturated heterocycles. The third kappa shape index (κ3) is 7.70. The molecule has 9 nitrogen and oxygen atoms in total. The lowest BCUT2D eigenvalue weighted by Gasteiger charge is -2.25. The topological polar surface area (TPSA) is 128 Å². The van der Waals surface area contributed by atoms with Crippen molar-refractivity contribution in [2.75, 3.05) is 24.6 Å². The maximum Gasteiger partial charge on any atom is 0.323 e. The first-order valence-electron chi connectivity index (χ1n) is 12.4. The second-order valence-electron chi connectivity index (χ2n) is 9.20. The van der Waals surface area contributed by atoms with Crippen LogP contribution in [0, 0.1) is 0 Å². The Morgan fingerprint density at radius 2 is 1.79 bits per heavy atom. The van der Waals surface area contributed by atoms with Gasteiger partial charge >= 0.3 is 11.9 Å². The van der Waals surface area contributed by atoms with Gasteiger partial charge in [0.25, 0.3) is 0 Å². The fourth-order valence-electron chi connectivity index (χ4n) is 4.73. The van der Waals surface area contributed by atoms with E-state index in [0.29, 0.717) is 23.9 Å². The molecule has 1 amide bonds. The summed E-state index contributed by atoms with van der Waals surface area (Å²) in [5, 5.41) is 25.5. The zero-order valence-electron chi connectivity index (χ0n) is 19.7. The largest absolute Gasteiger partial charge is 0.489 e. The van der Waals surface area contributed by atoms with Gasteiger partial charge in [-0.1, -0.05) is 50.7 Å². The maximum atomic E-state index is 13.1. The molecule has 1 heterocycles. The number of ether oxygens (including phenoxy) is 1. The number of amides is 1. The molecule has 1 unspecified atom stereocenters. The number of benzene rings is 1. The molecule has 34 heavy (non-hydrogen) atoms. The lowest BCUT2D eigenvalue weighted by atomic mass is 9.95. The number of nitrogens with zero attached hydrogens (tertiary/aromatic N) is 1. The first-order chi connectivity index (χ1) is 16.5. The Bertz CT molecular complexity index is 827. The van der Waals surface area contributed by atoms with Crippen molar-refractivity contribution in [3.05, 3.63) is 24.3 Å². The number of carbonyl (C=O) groups excluding carboxylic acids is 1. The number of rotatable bonds is 13. The van der Waals surface area contributed by atoms with Crippen LogP contribution < -0.4 is 20.3 Å². The highest BCUT2D eigenvalue weighted by atomic mass is 16.5. The molecule has 188 valence electrons. The Balaban J connectivity index is 1.47. The Morgan fingerprint density at radius 1 is 1.06 bits per heavy atom. The third-order valence-corrected chi connectivity index (χ3v) is 6.58. The van der Waals surface area contributed by atoms with E-state index in [4.69, 9.17) is 4.74 Å². The minimum atomic E-state index is -1.16. The van der Waals surface area contributed by atoms with Crippen molar-refractivity contribution in [2.24, 2.45) is 0 Å². The Kier molecular flexibility index (Phi) is 10.2. The third-order valence-electron chi connectivity index (χ3n) is 6.58. The average molecular weight is 476 g/mol. The van der Waals surface area contributed by atoms with Gasteiger partial charge < -0.3 is 20.3 Å². The van der Waals surface area contributed by atoms with Gasteiger partial charge in [-0.3, -0.25) is 24.6 Å². The zero-order valence-corrected chi connectivity index (χ0v) is 19.7. The van der Waals surface area contributed by atoms with E-state index < -0.39 is 36.5 Å². The summed E-state index contributed by atoms with van der Waals surface area (Å²) in [6.45, 7) is 0.408. The highest BCUT2D eigenvalue weighted by molar-refractivity contribution is 6.02. The summed E-state index contributed by atoms with van der Waals surface area (Å²) < 4.78 is 5.73. The molecule has 4 N–H and O–H groups in total. The smallest absolute Gasteiger partial charge is 0.323 e. The van der Waals surface area contributed by atoms with Crippen LogP contribution in [-0.4, -0.2) is 65.9 Å². The number of carboxylic acids is 2. The van der Waals surface area contributed by atoms with Crippen LogP contribution in [0.5, 0.6) is 5.75 Å². The SMILES string of the molecule is O=C(O)CN1C(=O)[C@@H](NC(CCCCCCNC2CCCCC2)C(=O)O)COc2ccccc21. The average Bonchev–Trinajstić information content (AvgIpc) is 2.95. The Hall–Kier alpha value is -2.65. The summed E-state index contributed by atoms with van der Waals surface area (Å²) >= 11 is 0. The van der Waals surface area contributed by atoms with E-state index in [1.807, 2.05) is 0 Å². The van der Waals surface area contributed by atoms with Crippen LogP contribution in [0.1, 0.15) is 64.2 Å². The number of unbranched alkanes of at least 4 members (excludes halogenated alkanes) is 3. The summed E-state index contributed by atoms with van der Waals surface area (Å²) in [5.41, 5.74) is 0.368. The van der Waals surface area contributed by atoms with Gasteiger partial charge in [-0.2, -0.15) is 0 Å². The van der Waals surface area contributed by atoms with E-state index in [0.717, 1.165) is 37.1 Å². The van der Waals surface area contributed by atoms with E-state index >= 15 is 0 Å². The van der Waals surface area contributed by atoms with Crippen LogP contribution in [0.2, 0.25) is 0 Å². The van der Waals surface area contributed by atoms with Gasteiger partial charge in [0.1, 0.15) is 31.0 Å². The molecule has 1 aliphatic carbocycles. The van der Waals surface area contributed by atoms with Crippen molar-refractivity contribution >= 4 is 23.5 Å². The monoisotopic (exact) mass is 475 g/mol. The number of nitrogens with one attached hydrogen (secondary N) is 2. The van der Waals surface area contributed by atoms with E-state index in [1.54, 1.807) is 24.3 Å². The van der Waals surface area contributed by atoms with Gasteiger partial charge in [0.05, 0.1) is 5.69 Å². The molecule has 3 rings (SSSR count). The molecular formula is C25H37N3O6. The van der Waals surface area contributed by atoms with Gasteiger partial charge in [-0.05, 0) is 44.4 Å². The van der Waals surface area contributed by atoms with E-state index in [9.17, 15) is 24.6 Å². The molecule has 2 atom stereocenters. The van der Waals surface area contributed by atoms with Crippen LogP contribution in [0.15, 0.2) is 24.3 Å². The maximum absolute atomic E-state index is 13.1. The van der Waals surface area contributed by atoms with Crippen LogP contribution in [0.3, 0.4) is 0 Å². The molecule has 1 fully saturated rings. The molecule has 0 spiro atoms. The van der Waals surface area contributed by atoms with Crippen molar-refractivity contribution in [1.82, 2.24) is 10.6 Å². The van der Waals surface area contributed by atoms with E-state index in [2.05, 4.69) is 10.6 Å². The number of hydrogen-bond acceptors (Lipinski definition) is 6. The highest BCUT2D eigenvalue weighted by Crippen LogP contribution is 2.31. The quantitative estimate of drug-likeness (QED) is 0.321. The van der Waals surface area contributed by atoms with E-state index in [-0.39, 0.29) is 6.61 Å². The Labute approximate surface area is 200 Å². The number of carboxylic acid groups (broad SMARTS) is 2.